The minimum absolute atomic E-state index is 0.0306. The normalized spacial score (nSPS) is 35.6. The Morgan fingerprint density at radius 2 is 1.83 bits per heavy atom. The molecule has 0 aromatic heterocycles. The predicted octanol–water partition coefficient (Wildman–Crippen LogP) is 3.30. The zero-order valence-corrected chi connectivity index (χ0v) is 14.5. The molecule has 134 valence electrons. The summed E-state index contributed by atoms with van der Waals surface area (Å²) in [5.41, 5.74) is 0. The van der Waals surface area contributed by atoms with Crippen LogP contribution in [0.4, 0.5) is 0 Å². The molecule has 0 spiro atoms. The van der Waals surface area contributed by atoms with Crippen molar-refractivity contribution < 1.29 is 19.7 Å². The van der Waals surface area contributed by atoms with E-state index >= 15 is 0 Å². The number of hydrogen-bond donors (Lipinski definition) is 2. The van der Waals surface area contributed by atoms with E-state index in [1.165, 1.54) is 0 Å². The van der Waals surface area contributed by atoms with Crippen LogP contribution in [0.3, 0.4) is 0 Å². The third kappa shape index (κ3) is 5.32. The van der Waals surface area contributed by atoms with Crippen molar-refractivity contribution in [2.75, 3.05) is 0 Å². The Balaban J connectivity index is 2.14. The minimum atomic E-state index is -0.787. The third-order valence-corrected chi connectivity index (χ3v) is 4.95. The molecule has 1 aliphatic carbocycles. The van der Waals surface area contributed by atoms with Crippen LogP contribution in [0.5, 0.6) is 0 Å². The highest BCUT2D eigenvalue weighted by Gasteiger charge is 2.44. The number of fused-ring (bicyclic) bond motifs is 1. The lowest BCUT2D eigenvalue weighted by molar-refractivity contribution is -0.153. The second kappa shape index (κ2) is 9.80. The zero-order chi connectivity index (χ0) is 17.4. The molecule has 2 N–H and O–H groups in total. The van der Waals surface area contributed by atoms with Crippen LogP contribution >= 0.6 is 0 Å². The highest BCUT2D eigenvalue weighted by atomic mass is 16.5. The maximum atomic E-state index is 12.1. The van der Waals surface area contributed by atoms with Gasteiger partial charge in [0.25, 0.3) is 0 Å². The molecule has 0 aromatic carbocycles. The van der Waals surface area contributed by atoms with Gasteiger partial charge in [-0.1, -0.05) is 43.4 Å². The fourth-order valence-corrected chi connectivity index (χ4v) is 3.61. The first-order chi connectivity index (χ1) is 11.6. The number of carbonyl (C=O) groups is 1. The van der Waals surface area contributed by atoms with E-state index in [4.69, 9.17) is 4.74 Å². The van der Waals surface area contributed by atoms with Gasteiger partial charge in [-0.05, 0) is 38.5 Å². The summed E-state index contributed by atoms with van der Waals surface area (Å²) in [6, 6.07) is 0. The van der Waals surface area contributed by atoms with Crippen molar-refractivity contribution in [2.24, 2.45) is 11.8 Å². The Bertz CT molecular complexity index is 480. The number of allylic oxidation sites excluding steroid dienone is 5. The topological polar surface area (TPSA) is 66.8 Å². The van der Waals surface area contributed by atoms with Crippen LogP contribution in [0.25, 0.3) is 0 Å². The van der Waals surface area contributed by atoms with Crippen LogP contribution < -0.4 is 0 Å². The molecule has 5 unspecified atom stereocenters. The van der Waals surface area contributed by atoms with Crippen LogP contribution in [0, 0.1) is 11.8 Å². The van der Waals surface area contributed by atoms with Crippen molar-refractivity contribution >= 4 is 5.97 Å². The number of aliphatic hydroxyl groups is 2. The van der Waals surface area contributed by atoms with Crippen LogP contribution in [0.15, 0.2) is 36.5 Å². The summed E-state index contributed by atoms with van der Waals surface area (Å²) in [7, 11) is 0. The lowest BCUT2D eigenvalue weighted by atomic mass is 9.88. The summed E-state index contributed by atoms with van der Waals surface area (Å²) in [5.74, 6) is -0.378. The maximum absolute atomic E-state index is 12.1. The van der Waals surface area contributed by atoms with Crippen LogP contribution in [0.2, 0.25) is 0 Å². The van der Waals surface area contributed by atoms with E-state index in [0.29, 0.717) is 19.3 Å². The lowest BCUT2D eigenvalue weighted by Crippen LogP contribution is -2.31. The molecular weight excluding hydrogens is 304 g/mol. The Morgan fingerprint density at radius 1 is 1.12 bits per heavy atom. The van der Waals surface area contributed by atoms with Crippen molar-refractivity contribution in [3.8, 4) is 0 Å². The Hall–Kier alpha value is -1.39. The van der Waals surface area contributed by atoms with Crippen LogP contribution in [0.1, 0.15) is 51.9 Å². The molecule has 1 aliphatic heterocycles. The van der Waals surface area contributed by atoms with Gasteiger partial charge in [0.1, 0.15) is 6.10 Å². The van der Waals surface area contributed by atoms with E-state index in [-0.39, 0.29) is 23.9 Å². The highest BCUT2D eigenvalue weighted by molar-refractivity contribution is 5.69. The summed E-state index contributed by atoms with van der Waals surface area (Å²) in [6.07, 6.45) is 15.6. The lowest BCUT2D eigenvalue weighted by Gasteiger charge is -2.27. The fraction of sp³-hybridized carbons (Fsp3) is 0.650. The second-order valence-electron chi connectivity index (χ2n) is 6.71. The van der Waals surface area contributed by atoms with Gasteiger partial charge in [-0.25, -0.2) is 0 Å². The summed E-state index contributed by atoms with van der Waals surface area (Å²) < 4.78 is 5.68. The van der Waals surface area contributed by atoms with E-state index in [1.807, 2.05) is 19.1 Å². The molecule has 0 aromatic rings. The van der Waals surface area contributed by atoms with Crippen molar-refractivity contribution in [1.82, 2.24) is 0 Å². The highest BCUT2D eigenvalue weighted by Crippen LogP contribution is 2.38. The third-order valence-electron chi connectivity index (χ3n) is 4.95. The Morgan fingerprint density at radius 3 is 2.58 bits per heavy atom. The maximum Gasteiger partial charge on any atom is 0.306 e. The molecule has 1 heterocycles. The number of hydrogen-bond acceptors (Lipinski definition) is 4. The van der Waals surface area contributed by atoms with E-state index < -0.39 is 12.2 Å². The SMILES string of the molecule is CCC1OC(=O)CCCC=CCC=CCC=CC2C(O)C(O)CC12. The molecule has 1 fully saturated rings. The van der Waals surface area contributed by atoms with Crippen molar-refractivity contribution in [2.45, 2.75) is 70.2 Å². The smallest absolute Gasteiger partial charge is 0.306 e. The molecule has 0 bridgehead atoms. The van der Waals surface area contributed by atoms with Crippen LogP contribution in [-0.2, 0) is 9.53 Å². The molecule has 2 aliphatic rings. The summed E-state index contributed by atoms with van der Waals surface area (Å²) in [5, 5.41) is 20.4. The van der Waals surface area contributed by atoms with Gasteiger partial charge in [0, 0.05) is 18.3 Å². The van der Waals surface area contributed by atoms with Gasteiger partial charge in [-0.3, -0.25) is 4.79 Å². The summed E-state index contributed by atoms with van der Waals surface area (Å²) in [6.45, 7) is 1.99. The fourth-order valence-electron chi connectivity index (χ4n) is 3.61. The molecule has 2 rings (SSSR count). The largest absolute Gasteiger partial charge is 0.462 e. The average molecular weight is 334 g/mol. The number of esters is 1. The van der Waals surface area contributed by atoms with Gasteiger partial charge in [0.05, 0.1) is 12.2 Å². The first kappa shape index (κ1) is 18.9. The molecule has 1 saturated carbocycles. The van der Waals surface area contributed by atoms with E-state index in [1.54, 1.807) is 0 Å². The second-order valence-corrected chi connectivity index (χ2v) is 6.71. The van der Waals surface area contributed by atoms with Gasteiger partial charge in [0.15, 0.2) is 0 Å². The molecule has 0 radical (unpaired) electrons. The molecule has 24 heavy (non-hydrogen) atoms. The first-order valence-electron chi connectivity index (χ1n) is 9.15. The molecule has 5 atom stereocenters. The molecule has 4 nitrogen and oxygen atoms in total. The minimum Gasteiger partial charge on any atom is -0.462 e. The molecule has 0 saturated heterocycles. The first-order valence-corrected chi connectivity index (χ1v) is 9.15. The zero-order valence-electron chi connectivity index (χ0n) is 14.5. The van der Waals surface area contributed by atoms with Gasteiger partial charge in [0.2, 0.25) is 0 Å². The van der Waals surface area contributed by atoms with Gasteiger partial charge >= 0.3 is 5.97 Å². The monoisotopic (exact) mass is 334 g/mol. The summed E-state index contributed by atoms with van der Waals surface area (Å²) >= 11 is 0. The number of carbonyl (C=O) groups excluding carboxylic acids is 1. The standard InChI is InChI=1S/C20H30O4/c1-2-18-16-14-17(21)20(23)15(16)12-10-8-6-4-3-5-7-9-11-13-19(22)24-18/h4-7,10,12,15-18,20-21,23H,2-3,8-9,11,13-14H2,1H3. The van der Waals surface area contributed by atoms with E-state index in [0.717, 1.165) is 25.7 Å². The number of rotatable bonds is 1. The number of cyclic esters (lactones) is 1. The van der Waals surface area contributed by atoms with Gasteiger partial charge in [-0.2, -0.15) is 0 Å². The quantitative estimate of drug-likeness (QED) is 0.570. The average Bonchev–Trinajstić information content (AvgIpc) is 2.84. The molecular formula is C20H30O4. The number of aliphatic hydroxyl groups excluding tert-OH is 2. The van der Waals surface area contributed by atoms with Gasteiger partial charge < -0.3 is 14.9 Å². The molecule has 4 heteroatoms. The van der Waals surface area contributed by atoms with Crippen LogP contribution in [-0.4, -0.2) is 34.5 Å². The number of ether oxygens (including phenoxy) is 1. The Labute approximate surface area is 144 Å². The van der Waals surface area contributed by atoms with Crippen molar-refractivity contribution in [3.63, 3.8) is 0 Å². The van der Waals surface area contributed by atoms with Crippen molar-refractivity contribution in [1.29, 1.82) is 0 Å². The van der Waals surface area contributed by atoms with Gasteiger partial charge in [-0.15, -0.1) is 0 Å². The summed E-state index contributed by atoms with van der Waals surface area (Å²) in [4.78, 5) is 12.1. The van der Waals surface area contributed by atoms with E-state index in [2.05, 4.69) is 24.3 Å². The van der Waals surface area contributed by atoms with E-state index in [9.17, 15) is 15.0 Å². The van der Waals surface area contributed by atoms with Crippen molar-refractivity contribution in [3.05, 3.63) is 36.5 Å². The Kier molecular flexibility index (Phi) is 7.73. The predicted molar refractivity (Wildman–Crippen MR) is 94.3 cm³/mol. The molecule has 0 amide bonds.